The number of rotatable bonds is 6. The van der Waals surface area contributed by atoms with Crippen LogP contribution in [0.2, 0.25) is 0 Å². The normalized spacial score (nSPS) is 26.1. The van der Waals surface area contributed by atoms with Crippen LogP contribution in [0.25, 0.3) is 0 Å². The molecule has 0 spiro atoms. The predicted octanol–water partition coefficient (Wildman–Crippen LogP) is 1.78. The molecular weight excluding hydrogens is 228 g/mol. The Morgan fingerprint density at radius 3 is 2.61 bits per heavy atom. The number of carbonyl (C=O) groups excluding carboxylic acids is 1. The largest absolute Gasteiger partial charge is 0.465 e. The highest BCUT2D eigenvalue weighted by Crippen LogP contribution is 2.28. The Hall–Kier alpha value is -0.610. The van der Waals surface area contributed by atoms with E-state index in [4.69, 9.17) is 10.5 Å². The highest BCUT2D eigenvalue weighted by atomic mass is 16.5. The zero-order chi connectivity index (χ0) is 13.5. The minimum absolute atomic E-state index is 0.0937. The van der Waals surface area contributed by atoms with E-state index in [-0.39, 0.29) is 12.0 Å². The van der Waals surface area contributed by atoms with Crippen molar-refractivity contribution in [1.29, 1.82) is 0 Å². The first-order valence-corrected chi connectivity index (χ1v) is 7.24. The van der Waals surface area contributed by atoms with E-state index in [0.29, 0.717) is 25.1 Å². The van der Waals surface area contributed by atoms with E-state index in [1.807, 2.05) is 20.9 Å². The van der Waals surface area contributed by atoms with Gasteiger partial charge in [0, 0.05) is 6.04 Å². The van der Waals surface area contributed by atoms with Crippen molar-refractivity contribution < 1.29 is 9.53 Å². The van der Waals surface area contributed by atoms with Crippen molar-refractivity contribution in [3.63, 3.8) is 0 Å². The van der Waals surface area contributed by atoms with Crippen molar-refractivity contribution in [2.45, 2.75) is 58.0 Å². The second kappa shape index (κ2) is 7.74. The predicted molar refractivity (Wildman–Crippen MR) is 73.3 cm³/mol. The summed E-state index contributed by atoms with van der Waals surface area (Å²) < 4.78 is 5.16. The summed E-state index contributed by atoms with van der Waals surface area (Å²) in [5.74, 6) is 0.427. The molecule has 0 aromatic carbocycles. The third-order valence-corrected chi connectivity index (χ3v) is 4.13. The third-order valence-electron chi connectivity index (χ3n) is 4.13. The minimum atomic E-state index is -0.123. The first kappa shape index (κ1) is 15.4. The number of nitrogens with zero attached hydrogens (tertiary/aromatic N) is 1. The molecule has 0 aromatic rings. The number of likely N-dealkylation sites (N-methyl/N-ethyl adjacent to an activating group) is 1. The average molecular weight is 256 g/mol. The van der Waals surface area contributed by atoms with Crippen LogP contribution < -0.4 is 5.73 Å². The van der Waals surface area contributed by atoms with Crippen molar-refractivity contribution in [3.8, 4) is 0 Å². The lowest BCUT2D eigenvalue weighted by molar-refractivity contribution is -0.150. The van der Waals surface area contributed by atoms with Crippen LogP contribution in [-0.2, 0) is 9.53 Å². The van der Waals surface area contributed by atoms with Crippen molar-refractivity contribution in [1.82, 2.24) is 4.90 Å². The minimum Gasteiger partial charge on any atom is -0.465 e. The Morgan fingerprint density at radius 1 is 1.39 bits per heavy atom. The molecule has 1 aliphatic carbocycles. The summed E-state index contributed by atoms with van der Waals surface area (Å²) in [6.45, 7) is 5.06. The van der Waals surface area contributed by atoms with Gasteiger partial charge in [-0.2, -0.15) is 0 Å². The second-order valence-electron chi connectivity index (χ2n) is 5.19. The van der Waals surface area contributed by atoms with Crippen LogP contribution in [0.3, 0.4) is 0 Å². The fourth-order valence-corrected chi connectivity index (χ4v) is 3.09. The summed E-state index contributed by atoms with van der Waals surface area (Å²) >= 11 is 0. The number of nitrogens with two attached hydrogens (primary N) is 1. The second-order valence-corrected chi connectivity index (χ2v) is 5.19. The van der Waals surface area contributed by atoms with E-state index in [1.54, 1.807) is 0 Å². The van der Waals surface area contributed by atoms with Crippen LogP contribution in [0.1, 0.15) is 46.0 Å². The van der Waals surface area contributed by atoms with Gasteiger partial charge in [-0.05, 0) is 45.7 Å². The van der Waals surface area contributed by atoms with Gasteiger partial charge in [-0.15, -0.1) is 0 Å². The summed E-state index contributed by atoms with van der Waals surface area (Å²) in [7, 11) is 2.05. The summed E-state index contributed by atoms with van der Waals surface area (Å²) in [5.41, 5.74) is 5.86. The van der Waals surface area contributed by atoms with E-state index in [2.05, 4.69) is 4.90 Å². The fourth-order valence-electron chi connectivity index (χ4n) is 3.09. The number of carbonyl (C=O) groups is 1. The zero-order valence-electron chi connectivity index (χ0n) is 12.0. The van der Waals surface area contributed by atoms with Crippen LogP contribution in [0.5, 0.6) is 0 Å². The van der Waals surface area contributed by atoms with Crippen LogP contribution >= 0.6 is 0 Å². The highest BCUT2D eigenvalue weighted by molar-refractivity contribution is 5.75. The molecule has 0 aromatic heterocycles. The SMILES string of the molecule is CCOC(=O)C(CC)N(C)C1CCCCC1CN. The van der Waals surface area contributed by atoms with Crippen LogP contribution in [0.15, 0.2) is 0 Å². The molecule has 1 fully saturated rings. The first-order chi connectivity index (χ1) is 8.65. The molecule has 3 unspecified atom stereocenters. The summed E-state index contributed by atoms with van der Waals surface area (Å²) in [6.07, 6.45) is 5.63. The first-order valence-electron chi connectivity index (χ1n) is 7.24. The van der Waals surface area contributed by atoms with Crippen LogP contribution in [-0.4, -0.2) is 43.2 Å². The number of hydrogen-bond acceptors (Lipinski definition) is 4. The Bertz CT molecular complexity index is 258. The van der Waals surface area contributed by atoms with Crippen molar-refractivity contribution in [2.75, 3.05) is 20.2 Å². The Morgan fingerprint density at radius 2 is 2.06 bits per heavy atom. The zero-order valence-corrected chi connectivity index (χ0v) is 12.0. The van der Waals surface area contributed by atoms with Gasteiger partial charge in [0.15, 0.2) is 0 Å². The Labute approximate surface area is 111 Å². The standard InChI is InChI=1S/C14H28N2O2/c1-4-12(14(17)18-5-2)16(3)13-9-7-6-8-11(13)10-15/h11-13H,4-10,15H2,1-3H3. The molecule has 0 radical (unpaired) electrons. The van der Waals surface area contributed by atoms with Gasteiger partial charge >= 0.3 is 5.97 Å². The molecule has 1 rings (SSSR count). The number of ether oxygens (including phenoxy) is 1. The maximum Gasteiger partial charge on any atom is 0.323 e. The molecule has 0 amide bonds. The van der Waals surface area contributed by atoms with Gasteiger partial charge < -0.3 is 10.5 Å². The molecule has 4 heteroatoms. The van der Waals surface area contributed by atoms with Gasteiger partial charge in [-0.3, -0.25) is 9.69 Å². The van der Waals surface area contributed by atoms with E-state index < -0.39 is 0 Å². The van der Waals surface area contributed by atoms with Crippen molar-refractivity contribution >= 4 is 5.97 Å². The van der Waals surface area contributed by atoms with Gasteiger partial charge in [0.25, 0.3) is 0 Å². The quantitative estimate of drug-likeness (QED) is 0.736. The molecule has 1 saturated carbocycles. The molecule has 3 atom stereocenters. The van der Waals surface area contributed by atoms with Gasteiger partial charge in [0.1, 0.15) is 6.04 Å². The highest BCUT2D eigenvalue weighted by Gasteiger charge is 2.33. The molecule has 0 saturated heterocycles. The topological polar surface area (TPSA) is 55.6 Å². The summed E-state index contributed by atoms with van der Waals surface area (Å²) in [4.78, 5) is 14.2. The van der Waals surface area contributed by atoms with E-state index >= 15 is 0 Å². The van der Waals surface area contributed by atoms with Crippen molar-refractivity contribution in [2.24, 2.45) is 11.7 Å². The number of esters is 1. The molecule has 106 valence electrons. The molecule has 0 bridgehead atoms. The van der Waals surface area contributed by atoms with E-state index in [1.165, 1.54) is 19.3 Å². The molecule has 0 heterocycles. The number of hydrogen-bond donors (Lipinski definition) is 1. The van der Waals surface area contributed by atoms with Crippen LogP contribution in [0.4, 0.5) is 0 Å². The molecule has 4 nitrogen and oxygen atoms in total. The fraction of sp³-hybridized carbons (Fsp3) is 0.929. The van der Waals surface area contributed by atoms with Gasteiger partial charge in [0.05, 0.1) is 6.61 Å². The van der Waals surface area contributed by atoms with Gasteiger partial charge in [0.2, 0.25) is 0 Å². The monoisotopic (exact) mass is 256 g/mol. The Kier molecular flexibility index (Phi) is 6.65. The maximum atomic E-state index is 12.0. The molecule has 1 aliphatic rings. The molecular formula is C14H28N2O2. The summed E-state index contributed by atoms with van der Waals surface area (Å²) in [6, 6.07) is 0.306. The van der Waals surface area contributed by atoms with Crippen LogP contribution in [0, 0.1) is 5.92 Å². The smallest absolute Gasteiger partial charge is 0.323 e. The van der Waals surface area contributed by atoms with E-state index in [9.17, 15) is 4.79 Å². The lowest BCUT2D eigenvalue weighted by atomic mass is 9.83. The maximum absolute atomic E-state index is 12.0. The van der Waals surface area contributed by atoms with Gasteiger partial charge in [-0.1, -0.05) is 19.8 Å². The molecule has 2 N–H and O–H groups in total. The lowest BCUT2D eigenvalue weighted by Crippen LogP contribution is -2.50. The molecule has 18 heavy (non-hydrogen) atoms. The average Bonchev–Trinajstić information content (AvgIpc) is 2.39. The summed E-state index contributed by atoms with van der Waals surface area (Å²) in [5, 5.41) is 0. The Balaban J connectivity index is 2.68. The lowest BCUT2D eigenvalue weighted by Gasteiger charge is -2.40. The van der Waals surface area contributed by atoms with Gasteiger partial charge in [-0.25, -0.2) is 0 Å². The van der Waals surface area contributed by atoms with E-state index in [0.717, 1.165) is 12.8 Å². The third kappa shape index (κ3) is 3.69. The van der Waals surface area contributed by atoms with Crippen molar-refractivity contribution in [3.05, 3.63) is 0 Å². The molecule has 0 aliphatic heterocycles.